The van der Waals surface area contributed by atoms with Gasteiger partial charge in [-0.2, -0.15) is 0 Å². The fourth-order valence-corrected chi connectivity index (χ4v) is 2.67. The molecule has 130 valence electrons. The van der Waals surface area contributed by atoms with E-state index in [1.807, 2.05) is 31.2 Å². The van der Waals surface area contributed by atoms with Crippen LogP contribution >= 0.6 is 0 Å². The number of hydrogen-bond acceptors (Lipinski definition) is 3. The Bertz CT molecular complexity index is 593. The van der Waals surface area contributed by atoms with Crippen molar-refractivity contribution in [1.29, 1.82) is 0 Å². The minimum Gasteiger partial charge on any atom is -0.487 e. The molecule has 4 nitrogen and oxygen atoms in total. The fraction of sp³-hybridized carbons (Fsp3) is 0.450. The zero-order valence-electron chi connectivity index (χ0n) is 14.6. The van der Waals surface area contributed by atoms with Crippen molar-refractivity contribution in [3.63, 3.8) is 0 Å². The highest BCUT2D eigenvalue weighted by Crippen LogP contribution is 2.23. The van der Waals surface area contributed by atoms with E-state index < -0.39 is 0 Å². The Hall–Kier alpha value is -2.23. The fourth-order valence-electron chi connectivity index (χ4n) is 2.67. The molecule has 24 heavy (non-hydrogen) atoms. The molecule has 0 spiro atoms. The van der Waals surface area contributed by atoms with E-state index in [9.17, 15) is 4.79 Å². The van der Waals surface area contributed by atoms with Gasteiger partial charge in [0.2, 0.25) is 5.91 Å². The average molecular weight is 328 g/mol. The van der Waals surface area contributed by atoms with Crippen LogP contribution in [0.5, 0.6) is 5.75 Å². The molecule has 1 aliphatic carbocycles. The molecule has 2 rings (SSSR count). The predicted octanol–water partition coefficient (Wildman–Crippen LogP) is 4.06. The van der Waals surface area contributed by atoms with Crippen molar-refractivity contribution in [3.8, 4) is 5.75 Å². The van der Waals surface area contributed by atoms with Crippen molar-refractivity contribution >= 4 is 11.6 Å². The van der Waals surface area contributed by atoms with Gasteiger partial charge in [0.05, 0.1) is 12.2 Å². The summed E-state index contributed by atoms with van der Waals surface area (Å²) in [6.07, 6.45) is 8.23. The Morgan fingerprint density at radius 3 is 2.88 bits per heavy atom. The Morgan fingerprint density at radius 1 is 1.29 bits per heavy atom. The first-order valence-corrected chi connectivity index (χ1v) is 8.70. The SMILES string of the molecule is C=C(C)COc1ccccc1NCC(=O)NCCC1=CCCCC1. The summed E-state index contributed by atoms with van der Waals surface area (Å²) >= 11 is 0. The van der Waals surface area contributed by atoms with Gasteiger partial charge in [0.15, 0.2) is 0 Å². The van der Waals surface area contributed by atoms with E-state index in [-0.39, 0.29) is 12.5 Å². The largest absolute Gasteiger partial charge is 0.487 e. The van der Waals surface area contributed by atoms with Gasteiger partial charge in [0, 0.05) is 6.54 Å². The number of benzene rings is 1. The number of allylic oxidation sites excluding steroid dienone is 1. The van der Waals surface area contributed by atoms with Gasteiger partial charge in [0.1, 0.15) is 12.4 Å². The second-order valence-electron chi connectivity index (χ2n) is 6.30. The summed E-state index contributed by atoms with van der Waals surface area (Å²) in [6.45, 7) is 7.18. The molecule has 0 atom stereocenters. The van der Waals surface area contributed by atoms with Crippen molar-refractivity contribution in [2.75, 3.05) is 25.0 Å². The molecule has 0 heterocycles. The molecule has 4 heteroatoms. The first kappa shape index (κ1) is 18.1. The number of carbonyl (C=O) groups excluding carboxylic acids is 1. The highest BCUT2D eigenvalue weighted by atomic mass is 16.5. The molecule has 1 aliphatic rings. The lowest BCUT2D eigenvalue weighted by molar-refractivity contribution is -0.119. The van der Waals surface area contributed by atoms with E-state index >= 15 is 0 Å². The van der Waals surface area contributed by atoms with Crippen LogP contribution in [0.25, 0.3) is 0 Å². The molecule has 1 amide bonds. The van der Waals surface area contributed by atoms with E-state index in [0.717, 1.165) is 23.4 Å². The molecule has 0 bridgehead atoms. The Labute approximate surface area is 145 Å². The molecule has 1 aromatic carbocycles. The van der Waals surface area contributed by atoms with Gasteiger partial charge in [-0.15, -0.1) is 0 Å². The van der Waals surface area contributed by atoms with Crippen LogP contribution in [0.15, 0.2) is 48.1 Å². The lowest BCUT2D eigenvalue weighted by atomic mass is 9.97. The highest BCUT2D eigenvalue weighted by Gasteiger charge is 2.07. The molecular weight excluding hydrogens is 300 g/mol. The van der Waals surface area contributed by atoms with E-state index in [4.69, 9.17) is 4.74 Å². The van der Waals surface area contributed by atoms with Crippen LogP contribution < -0.4 is 15.4 Å². The number of rotatable bonds is 9. The van der Waals surface area contributed by atoms with Crippen LogP contribution in [0.2, 0.25) is 0 Å². The maximum Gasteiger partial charge on any atom is 0.239 e. The summed E-state index contributed by atoms with van der Waals surface area (Å²) in [7, 11) is 0. The normalized spacial score (nSPS) is 13.8. The highest BCUT2D eigenvalue weighted by molar-refractivity contribution is 5.81. The van der Waals surface area contributed by atoms with Crippen LogP contribution in [-0.2, 0) is 4.79 Å². The third-order valence-electron chi connectivity index (χ3n) is 3.95. The Balaban J connectivity index is 1.73. The van der Waals surface area contributed by atoms with Crippen LogP contribution in [-0.4, -0.2) is 25.6 Å². The predicted molar refractivity (Wildman–Crippen MR) is 99.4 cm³/mol. The van der Waals surface area contributed by atoms with E-state index in [2.05, 4.69) is 23.3 Å². The molecule has 0 saturated carbocycles. The average Bonchev–Trinajstić information content (AvgIpc) is 2.59. The minimum absolute atomic E-state index is 0.00103. The number of carbonyl (C=O) groups is 1. The lowest BCUT2D eigenvalue weighted by Crippen LogP contribution is -2.31. The zero-order valence-corrected chi connectivity index (χ0v) is 14.6. The van der Waals surface area contributed by atoms with E-state index in [0.29, 0.717) is 13.2 Å². The topological polar surface area (TPSA) is 50.4 Å². The molecule has 0 aliphatic heterocycles. The van der Waals surface area contributed by atoms with E-state index in [1.54, 1.807) is 0 Å². The maximum absolute atomic E-state index is 12.0. The summed E-state index contributed by atoms with van der Waals surface area (Å²) in [4.78, 5) is 12.0. The van der Waals surface area contributed by atoms with Gasteiger partial charge in [-0.05, 0) is 56.7 Å². The summed E-state index contributed by atoms with van der Waals surface area (Å²) in [5.74, 6) is 0.738. The van der Waals surface area contributed by atoms with Gasteiger partial charge in [-0.1, -0.05) is 30.4 Å². The van der Waals surface area contributed by atoms with Crippen molar-refractivity contribution in [2.24, 2.45) is 0 Å². The molecule has 0 radical (unpaired) electrons. The molecular formula is C20H28N2O2. The van der Waals surface area contributed by atoms with Crippen molar-refractivity contribution in [2.45, 2.75) is 39.0 Å². The smallest absolute Gasteiger partial charge is 0.239 e. The first-order valence-electron chi connectivity index (χ1n) is 8.70. The number of para-hydroxylation sites is 2. The van der Waals surface area contributed by atoms with Crippen LogP contribution in [0.4, 0.5) is 5.69 Å². The lowest BCUT2D eigenvalue weighted by Gasteiger charge is -2.14. The second kappa shape index (κ2) is 9.81. The minimum atomic E-state index is 0.00103. The van der Waals surface area contributed by atoms with Crippen molar-refractivity contribution < 1.29 is 9.53 Å². The van der Waals surface area contributed by atoms with Crippen molar-refractivity contribution in [1.82, 2.24) is 5.32 Å². The van der Waals surface area contributed by atoms with Gasteiger partial charge in [0.25, 0.3) is 0 Å². The second-order valence-corrected chi connectivity index (χ2v) is 6.30. The maximum atomic E-state index is 12.0. The first-order chi connectivity index (χ1) is 11.6. The third-order valence-corrected chi connectivity index (χ3v) is 3.95. The molecule has 0 unspecified atom stereocenters. The molecule has 2 N–H and O–H groups in total. The number of anilines is 1. The number of ether oxygens (including phenoxy) is 1. The molecule has 1 aromatic rings. The summed E-state index contributed by atoms with van der Waals surface area (Å²) in [6, 6.07) is 7.63. The summed E-state index contributed by atoms with van der Waals surface area (Å²) < 4.78 is 5.69. The zero-order chi connectivity index (χ0) is 17.2. The van der Waals surface area contributed by atoms with Gasteiger partial charge in [-0.25, -0.2) is 0 Å². The molecule has 0 aromatic heterocycles. The summed E-state index contributed by atoms with van der Waals surface area (Å²) in [5.41, 5.74) is 3.26. The number of hydrogen-bond donors (Lipinski definition) is 2. The van der Waals surface area contributed by atoms with Crippen LogP contribution in [0.1, 0.15) is 39.0 Å². The number of nitrogens with one attached hydrogen (secondary N) is 2. The van der Waals surface area contributed by atoms with Crippen LogP contribution in [0, 0.1) is 0 Å². The molecule has 0 fully saturated rings. The molecule has 0 saturated heterocycles. The standard InChI is InChI=1S/C20H28N2O2/c1-16(2)15-24-19-11-7-6-10-18(19)22-14-20(23)21-13-12-17-8-4-3-5-9-17/h6-8,10-11,22H,1,3-5,9,12-15H2,2H3,(H,21,23). The van der Waals surface area contributed by atoms with E-state index in [1.165, 1.54) is 31.3 Å². The monoisotopic (exact) mass is 328 g/mol. The van der Waals surface area contributed by atoms with Crippen molar-refractivity contribution in [3.05, 3.63) is 48.1 Å². The summed E-state index contributed by atoms with van der Waals surface area (Å²) in [5, 5.41) is 6.12. The Kier molecular flexibility index (Phi) is 7.40. The van der Waals surface area contributed by atoms with Gasteiger partial charge < -0.3 is 15.4 Å². The number of amides is 1. The van der Waals surface area contributed by atoms with Crippen LogP contribution in [0.3, 0.4) is 0 Å². The van der Waals surface area contributed by atoms with Gasteiger partial charge >= 0.3 is 0 Å². The van der Waals surface area contributed by atoms with Gasteiger partial charge in [-0.3, -0.25) is 4.79 Å². The third kappa shape index (κ3) is 6.49. The quantitative estimate of drug-likeness (QED) is 0.672. The Morgan fingerprint density at radius 2 is 2.12 bits per heavy atom.